The van der Waals surface area contributed by atoms with Crippen molar-refractivity contribution in [1.82, 2.24) is 5.32 Å². The number of carbonyl (C=O) groups excluding carboxylic acids is 2. The van der Waals surface area contributed by atoms with E-state index in [1.807, 2.05) is 0 Å². The van der Waals surface area contributed by atoms with Crippen LogP contribution in [0.2, 0.25) is 0 Å². The molecular weight excluding hydrogens is 731 g/mol. The minimum absolute atomic E-state index is 0.0580. The van der Waals surface area contributed by atoms with Crippen molar-refractivity contribution in [2.24, 2.45) is 0 Å². The Morgan fingerprint density at radius 2 is 0.864 bits per heavy atom. The molecule has 0 bridgehead atoms. The summed E-state index contributed by atoms with van der Waals surface area (Å²) in [5.74, 6) is -0.535. The van der Waals surface area contributed by atoms with Crippen LogP contribution in [0, 0.1) is 0 Å². The number of allylic oxidation sites excluding steroid dienone is 8. The quantitative estimate of drug-likeness (QED) is 0.0323. The second-order valence-electron chi connectivity index (χ2n) is 17.2. The number of aliphatic hydroxyl groups excluding tert-OH is 2. The van der Waals surface area contributed by atoms with E-state index in [-0.39, 0.29) is 24.9 Å². The minimum atomic E-state index is -0.794. The lowest BCUT2D eigenvalue weighted by Crippen LogP contribution is -2.46. The van der Waals surface area contributed by atoms with Gasteiger partial charge >= 0.3 is 5.97 Å². The fourth-order valence-electron chi connectivity index (χ4n) is 7.54. The fraction of sp³-hybridized carbons (Fsp3) is 0.811. The van der Waals surface area contributed by atoms with E-state index in [0.717, 1.165) is 64.2 Å². The zero-order chi connectivity index (χ0) is 43.1. The molecule has 3 N–H and O–H groups in total. The molecule has 0 rings (SSSR count). The molecule has 0 aromatic carbocycles. The van der Waals surface area contributed by atoms with Crippen molar-refractivity contribution in [3.8, 4) is 0 Å². The third kappa shape index (κ3) is 42.3. The third-order valence-corrected chi connectivity index (χ3v) is 11.4. The number of hydrogen-bond donors (Lipinski definition) is 3. The molecule has 0 heterocycles. The average molecular weight is 828 g/mol. The highest BCUT2D eigenvalue weighted by Gasteiger charge is 2.24. The van der Waals surface area contributed by atoms with Gasteiger partial charge in [-0.2, -0.15) is 0 Å². The monoisotopic (exact) mass is 828 g/mol. The van der Waals surface area contributed by atoms with Crippen molar-refractivity contribution < 1.29 is 24.5 Å². The lowest BCUT2D eigenvalue weighted by atomic mass is 10.0. The van der Waals surface area contributed by atoms with Crippen molar-refractivity contribution in [2.75, 3.05) is 6.61 Å². The fourth-order valence-corrected chi connectivity index (χ4v) is 7.54. The maximum absolute atomic E-state index is 13.2. The lowest BCUT2D eigenvalue weighted by Gasteiger charge is -2.24. The summed E-state index contributed by atoms with van der Waals surface area (Å²) in [6.07, 6.45) is 56.0. The average Bonchev–Trinajstić information content (AvgIpc) is 3.23. The second-order valence-corrected chi connectivity index (χ2v) is 17.2. The van der Waals surface area contributed by atoms with Gasteiger partial charge in [0.25, 0.3) is 0 Å². The van der Waals surface area contributed by atoms with Crippen molar-refractivity contribution in [2.45, 2.75) is 270 Å². The van der Waals surface area contributed by atoms with Crippen LogP contribution in [0.15, 0.2) is 48.6 Å². The highest BCUT2D eigenvalue weighted by atomic mass is 16.5. The number of aliphatic hydroxyl groups is 2. The van der Waals surface area contributed by atoms with E-state index in [1.54, 1.807) is 0 Å². The molecular formula is C53H97NO5. The van der Waals surface area contributed by atoms with Crippen LogP contribution < -0.4 is 5.32 Å². The van der Waals surface area contributed by atoms with Crippen LogP contribution >= 0.6 is 0 Å². The Kier molecular flexibility index (Phi) is 45.1. The summed E-state index contributed by atoms with van der Waals surface area (Å²) < 4.78 is 5.90. The standard InChI is InChI=1S/C53H97NO5/c1-4-7-10-13-16-19-22-24-25-26-27-28-31-34-37-40-43-46-53(58)59-49(44-41-38-35-32-29-21-18-15-12-9-6-3)47-52(57)54-50(48-55)51(56)45-42-39-36-33-30-23-20-17-14-11-8-5-2/h16,19,24-25,27-28,34,37,49-51,55-56H,4-15,17-18,20-23,26,29-33,35-36,38-48H2,1-3H3,(H,54,57)/b19-16-,25-24-,28-27-,37-34-. The van der Waals surface area contributed by atoms with Gasteiger partial charge in [0.1, 0.15) is 6.10 Å². The molecule has 0 aliphatic carbocycles. The SMILES string of the molecule is CCCCC/C=C\C/C=C\C/C=C\C/C=C\CCCC(=O)OC(CCCCCCCCCCCCC)CC(=O)NC(CO)C(O)CCCCCCCCCCCCCC. The highest BCUT2D eigenvalue weighted by molar-refractivity contribution is 5.77. The van der Waals surface area contributed by atoms with Gasteiger partial charge in [-0.05, 0) is 64.2 Å². The number of unbranched alkanes of at least 4 members (excludes halogenated alkanes) is 25. The van der Waals surface area contributed by atoms with Crippen LogP contribution in [0.4, 0.5) is 0 Å². The molecule has 0 aromatic heterocycles. The summed E-state index contributed by atoms with van der Waals surface area (Å²) >= 11 is 0. The molecule has 3 unspecified atom stereocenters. The first kappa shape index (κ1) is 56.8. The molecule has 0 aliphatic heterocycles. The van der Waals surface area contributed by atoms with E-state index in [1.165, 1.54) is 135 Å². The van der Waals surface area contributed by atoms with Crippen molar-refractivity contribution in [3.63, 3.8) is 0 Å². The largest absolute Gasteiger partial charge is 0.462 e. The maximum atomic E-state index is 13.2. The zero-order valence-electron chi connectivity index (χ0n) is 39.1. The molecule has 0 aliphatic rings. The highest BCUT2D eigenvalue weighted by Crippen LogP contribution is 2.18. The Labute approximate surface area is 366 Å². The molecule has 0 saturated heterocycles. The van der Waals surface area contributed by atoms with E-state index in [9.17, 15) is 19.8 Å². The summed E-state index contributed by atoms with van der Waals surface area (Å²) in [6.45, 7) is 6.44. The Balaban J connectivity index is 4.62. The number of hydrogen-bond acceptors (Lipinski definition) is 5. The number of carbonyl (C=O) groups is 2. The molecule has 0 fully saturated rings. The number of nitrogens with one attached hydrogen (secondary N) is 1. The van der Waals surface area contributed by atoms with Crippen LogP contribution in [0.25, 0.3) is 0 Å². The molecule has 59 heavy (non-hydrogen) atoms. The van der Waals surface area contributed by atoms with E-state index < -0.39 is 18.2 Å². The van der Waals surface area contributed by atoms with Gasteiger partial charge in [-0.25, -0.2) is 0 Å². The molecule has 0 radical (unpaired) electrons. The van der Waals surface area contributed by atoms with Gasteiger partial charge in [0.05, 0.1) is 25.2 Å². The van der Waals surface area contributed by atoms with Crippen molar-refractivity contribution in [3.05, 3.63) is 48.6 Å². The van der Waals surface area contributed by atoms with Crippen LogP contribution in [-0.2, 0) is 14.3 Å². The normalized spacial score (nSPS) is 13.6. The van der Waals surface area contributed by atoms with E-state index in [4.69, 9.17) is 4.74 Å². The number of rotatable bonds is 45. The number of amides is 1. The molecule has 344 valence electrons. The summed E-state index contributed by atoms with van der Waals surface area (Å²) in [7, 11) is 0. The van der Waals surface area contributed by atoms with Gasteiger partial charge in [0, 0.05) is 6.42 Å². The van der Waals surface area contributed by atoms with E-state index in [0.29, 0.717) is 25.7 Å². The second kappa shape index (κ2) is 46.9. The Morgan fingerprint density at radius 1 is 0.492 bits per heavy atom. The van der Waals surface area contributed by atoms with Gasteiger partial charge < -0.3 is 20.3 Å². The van der Waals surface area contributed by atoms with Crippen LogP contribution in [0.1, 0.15) is 252 Å². The Hall–Kier alpha value is -2.18. The predicted molar refractivity (Wildman–Crippen MR) is 255 cm³/mol. The predicted octanol–water partition coefficient (Wildman–Crippen LogP) is 15.1. The van der Waals surface area contributed by atoms with Crippen LogP contribution in [0.3, 0.4) is 0 Å². The van der Waals surface area contributed by atoms with Gasteiger partial charge in [0.15, 0.2) is 0 Å². The third-order valence-electron chi connectivity index (χ3n) is 11.4. The summed E-state index contributed by atoms with van der Waals surface area (Å²) in [5, 5.41) is 23.7. The first-order valence-electron chi connectivity index (χ1n) is 25.4. The maximum Gasteiger partial charge on any atom is 0.306 e. The number of esters is 1. The van der Waals surface area contributed by atoms with E-state index in [2.05, 4.69) is 74.7 Å². The Morgan fingerprint density at radius 3 is 1.31 bits per heavy atom. The molecule has 6 nitrogen and oxygen atoms in total. The zero-order valence-corrected chi connectivity index (χ0v) is 39.1. The van der Waals surface area contributed by atoms with E-state index >= 15 is 0 Å². The van der Waals surface area contributed by atoms with Gasteiger partial charge in [-0.3, -0.25) is 9.59 Å². The van der Waals surface area contributed by atoms with Gasteiger partial charge in [-0.1, -0.05) is 223 Å². The molecule has 0 saturated carbocycles. The molecule has 6 heteroatoms. The molecule has 0 spiro atoms. The Bertz CT molecular complexity index is 1020. The van der Waals surface area contributed by atoms with Crippen LogP contribution in [0.5, 0.6) is 0 Å². The minimum Gasteiger partial charge on any atom is -0.462 e. The first-order chi connectivity index (χ1) is 29.0. The summed E-state index contributed by atoms with van der Waals surface area (Å²) in [5.41, 5.74) is 0. The smallest absolute Gasteiger partial charge is 0.306 e. The lowest BCUT2D eigenvalue weighted by molar-refractivity contribution is -0.151. The number of ether oxygens (including phenoxy) is 1. The van der Waals surface area contributed by atoms with Crippen molar-refractivity contribution >= 4 is 11.9 Å². The van der Waals surface area contributed by atoms with Crippen molar-refractivity contribution in [1.29, 1.82) is 0 Å². The van der Waals surface area contributed by atoms with Gasteiger partial charge in [-0.15, -0.1) is 0 Å². The molecule has 0 aromatic rings. The molecule has 3 atom stereocenters. The van der Waals surface area contributed by atoms with Crippen LogP contribution in [-0.4, -0.2) is 46.9 Å². The summed E-state index contributed by atoms with van der Waals surface area (Å²) in [4.78, 5) is 26.1. The molecule has 1 amide bonds. The van der Waals surface area contributed by atoms with Gasteiger partial charge in [0.2, 0.25) is 5.91 Å². The first-order valence-corrected chi connectivity index (χ1v) is 25.4. The topological polar surface area (TPSA) is 95.9 Å². The summed E-state index contributed by atoms with van der Waals surface area (Å²) in [6, 6.07) is -0.709.